The topological polar surface area (TPSA) is 91.5 Å². The molecule has 0 saturated carbocycles. The average molecular weight is 390 g/mol. The second-order valence-corrected chi connectivity index (χ2v) is 6.90. The summed E-state index contributed by atoms with van der Waals surface area (Å²) in [7, 11) is 1.51. The molecule has 0 saturated heterocycles. The molecule has 4 aromatic rings. The van der Waals surface area contributed by atoms with E-state index in [2.05, 4.69) is 31.6 Å². The summed E-state index contributed by atoms with van der Waals surface area (Å²) in [6.45, 7) is 1.82. The molecule has 7 nitrogen and oxygen atoms in total. The fourth-order valence-corrected chi connectivity index (χ4v) is 3.58. The number of nitrogens with one attached hydrogen (secondary N) is 3. The lowest BCUT2D eigenvalue weighted by atomic mass is 10.1. The van der Waals surface area contributed by atoms with E-state index in [1.54, 1.807) is 18.5 Å². The number of rotatable bonds is 4. The molecule has 1 aliphatic heterocycles. The third-order valence-electron chi connectivity index (χ3n) is 5.04. The third-order valence-corrected chi connectivity index (χ3v) is 5.04. The van der Waals surface area contributed by atoms with Gasteiger partial charge in [-0.25, -0.2) is 9.37 Å². The van der Waals surface area contributed by atoms with Crippen molar-refractivity contribution >= 4 is 16.6 Å². The van der Waals surface area contributed by atoms with Crippen LogP contribution in [-0.4, -0.2) is 45.3 Å². The van der Waals surface area contributed by atoms with Gasteiger partial charge in [0.25, 0.3) is 0 Å². The molecule has 0 spiro atoms. The van der Waals surface area contributed by atoms with Crippen LogP contribution in [-0.2, 0) is 0 Å². The molecule has 8 heteroatoms. The van der Waals surface area contributed by atoms with E-state index >= 15 is 0 Å². The Balaban J connectivity index is 1.57. The first-order chi connectivity index (χ1) is 14.2. The molecule has 29 heavy (non-hydrogen) atoms. The minimum atomic E-state index is -0.376. The number of ether oxygens (including phenoxy) is 1. The summed E-state index contributed by atoms with van der Waals surface area (Å²) in [4.78, 5) is 12.3. The fourth-order valence-electron chi connectivity index (χ4n) is 3.58. The summed E-state index contributed by atoms with van der Waals surface area (Å²) in [6, 6.07) is 6.55. The van der Waals surface area contributed by atoms with Crippen molar-refractivity contribution in [2.24, 2.45) is 0 Å². The van der Waals surface area contributed by atoms with Gasteiger partial charge in [-0.1, -0.05) is 6.08 Å². The molecule has 5 rings (SSSR count). The first-order valence-electron chi connectivity index (χ1n) is 9.36. The van der Waals surface area contributed by atoms with E-state index in [4.69, 9.17) is 9.72 Å². The fraction of sp³-hybridized carbons (Fsp3) is 0.190. The van der Waals surface area contributed by atoms with Crippen LogP contribution in [0.2, 0.25) is 0 Å². The van der Waals surface area contributed by atoms with Crippen LogP contribution in [0.4, 0.5) is 4.39 Å². The highest BCUT2D eigenvalue weighted by atomic mass is 19.1. The number of hydrogen-bond acceptors (Lipinski definition) is 5. The van der Waals surface area contributed by atoms with Crippen LogP contribution in [0.3, 0.4) is 0 Å². The van der Waals surface area contributed by atoms with E-state index in [9.17, 15) is 4.39 Å². The Bertz CT molecular complexity index is 1230. The Labute approximate surface area is 166 Å². The molecule has 0 fully saturated rings. The number of imidazole rings is 1. The van der Waals surface area contributed by atoms with Crippen molar-refractivity contribution in [1.29, 1.82) is 0 Å². The molecule has 146 valence electrons. The number of methoxy groups -OCH3 is 1. The van der Waals surface area contributed by atoms with Crippen LogP contribution >= 0.6 is 0 Å². The molecule has 1 aliphatic rings. The van der Waals surface area contributed by atoms with Crippen molar-refractivity contribution in [3.8, 4) is 28.4 Å². The molecule has 3 N–H and O–H groups in total. The van der Waals surface area contributed by atoms with Crippen molar-refractivity contribution in [2.45, 2.75) is 6.42 Å². The molecule has 0 radical (unpaired) electrons. The van der Waals surface area contributed by atoms with Crippen molar-refractivity contribution in [2.75, 3.05) is 20.2 Å². The SMILES string of the molecule is COc1cc(F)cc(-c2cncc3[nH]c(-c4cc(C5=CCNCC5)[nH]n4)nc23)c1. The minimum absolute atomic E-state index is 0.376. The first kappa shape index (κ1) is 17.6. The second kappa shape index (κ2) is 7.14. The summed E-state index contributed by atoms with van der Waals surface area (Å²) in [5.41, 5.74) is 5.79. The van der Waals surface area contributed by atoms with Crippen LogP contribution in [0, 0.1) is 5.82 Å². The number of fused-ring (bicyclic) bond motifs is 1. The van der Waals surface area contributed by atoms with Crippen LogP contribution < -0.4 is 10.1 Å². The number of aromatic amines is 2. The van der Waals surface area contributed by atoms with E-state index in [0.29, 0.717) is 22.7 Å². The lowest BCUT2D eigenvalue weighted by Crippen LogP contribution is -2.20. The number of aromatic nitrogens is 5. The van der Waals surface area contributed by atoms with Crippen molar-refractivity contribution in [3.05, 3.63) is 54.2 Å². The maximum Gasteiger partial charge on any atom is 0.159 e. The zero-order valence-electron chi connectivity index (χ0n) is 15.8. The minimum Gasteiger partial charge on any atom is -0.497 e. The van der Waals surface area contributed by atoms with Gasteiger partial charge >= 0.3 is 0 Å². The predicted octanol–water partition coefficient (Wildman–Crippen LogP) is 3.54. The molecule has 0 unspecified atom stereocenters. The van der Waals surface area contributed by atoms with Gasteiger partial charge < -0.3 is 15.0 Å². The Kier molecular flexibility index (Phi) is 4.33. The zero-order valence-corrected chi connectivity index (χ0v) is 15.8. The van der Waals surface area contributed by atoms with Crippen LogP contribution in [0.5, 0.6) is 5.75 Å². The van der Waals surface area contributed by atoms with E-state index < -0.39 is 0 Å². The van der Waals surface area contributed by atoms with Gasteiger partial charge in [-0.05, 0) is 42.3 Å². The van der Waals surface area contributed by atoms with Gasteiger partial charge in [-0.2, -0.15) is 5.10 Å². The Hall–Kier alpha value is -3.52. The molecular formula is C21H19FN6O. The Morgan fingerprint density at radius 1 is 1.14 bits per heavy atom. The first-order valence-corrected chi connectivity index (χ1v) is 9.36. The highest BCUT2D eigenvalue weighted by molar-refractivity contribution is 5.92. The third kappa shape index (κ3) is 3.27. The van der Waals surface area contributed by atoms with Gasteiger partial charge in [0, 0.05) is 24.4 Å². The molecular weight excluding hydrogens is 371 g/mol. The summed E-state index contributed by atoms with van der Waals surface area (Å²) in [5.74, 6) is 0.703. The molecule has 0 aliphatic carbocycles. The maximum atomic E-state index is 14.0. The number of hydrogen-bond donors (Lipinski definition) is 3. The van der Waals surface area contributed by atoms with Gasteiger partial charge in [-0.3, -0.25) is 10.1 Å². The highest BCUT2D eigenvalue weighted by Crippen LogP contribution is 2.31. The van der Waals surface area contributed by atoms with Crippen molar-refractivity contribution in [1.82, 2.24) is 30.5 Å². The predicted molar refractivity (Wildman–Crippen MR) is 109 cm³/mol. The highest BCUT2D eigenvalue weighted by Gasteiger charge is 2.16. The quantitative estimate of drug-likeness (QED) is 0.496. The van der Waals surface area contributed by atoms with E-state index in [1.165, 1.54) is 24.8 Å². The lowest BCUT2D eigenvalue weighted by molar-refractivity contribution is 0.411. The normalized spacial score (nSPS) is 14.2. The largest absolute Gasteiger partial charge is 0.497 e. The Morgan fingerprint density at radius 2 is 2.07 bits per heavy atom. The smallest absolute Gasteiger partial charge is 0.159 e. The Morgan fingerprint density at radius 3 is 2.90 bits per heavy atom. The van der Waals surface area contributed by atoms with Crippen LogP contribution in [0.1, 0.15) is 12.1 Å². The van der Waals surface area contributed by atoms with Gasteiger partial charge in [0.1, 0.15) is 17.3 Å². The zero-order chi connectivity index (χ0) is 19.8. The van der Waals surface area contributed by atoms with Gasteiger partial charge in [0.15, 0.2) is 5.82 Å². The lowest BCUT2D eigenvalue weighted by Gasteiger charge is -2.11. The maximum absolute atomic E-state index is 14.0. The van der Waals surface area contributed by atoms with E-state index in [1.807, 2.05) is 6.07 Å². The van der Waals surface area contributed by atoms with Gasteiger partial charge in [-0.15, -0.1) is 0 Å². The van der Waals surface area contributed by atoms with Crippen LogP contribution in [0.15, 0.2) is 42.7 Å². The number of benzene rings is 1. The summed E-state index contributed by atoms with van der Waals surface area (Å²) in [6.07, 6.45) is 6.50. The summed E-state index contributed by atoms with van der Waals surface area (Å²) >= 11 is 0. The standard InChI is InChI=1S/C21H19FN6O/c1-29-15-7-13(6-14(22)8-15)16-10-24-11-19-20(16)26-21(25-19)18-9-17(27-28-18)12-2-4-23-5-3-12/h2,6-11,23H,3-5H2,1H3,(H,25,26)(H,27,28). The monoisotopic (exact) mass is 390 g/mol. The van der Waals surface area contributed by atoms with E-state index in [0.717, 1.165) is 42.0 Å². The van der Waals surface area contributed by atoms with Crippen LogP contribution in [0.25, 0.3) is 39.3 Å². The molecule has 0 atom stereocenters. The number of H-pyrrole nitrogens is 2. The van der Waals surface area contributed by atoms with Crippen molar-refractivity contribution in [3.63, 3.8) is 0 Å². The molecule has 4 heterocycles. The molecule has 1 aromatic carbocycles. The van der Waals surface area contributed by atoms with Crippen molar-refractivity contribution < 1.29 is 9.13 Å². The molecule has 3 aromatic heterocycles. The molecule has 0 amide bonds. The number of halogens is 1. The summed E-state index contributed by atoms with van der Waals surface area (Å²) < 4.78 is 19.2. The molecule has 0 bridgehead atoms. The van der Waals surface area contributed by atoms with E-state index in [-0.39, 0.29) is 5.82 Å². The summed E-state index contributed by atoms with van der Waals surface area (Å²) in [5, 5.41) is 10.8. The van der Waals surface area contributed by atoms with Gasteiger partial charge in [0.2, 0.25) is 0 Å². The second-order valence-electron chi connectivity index (χ2n) is 6.90. The number of nitrogens with zero attached hydrogens (tertiary/aromatic N) is 3. The number of pyridine rings is 1. The average Bonchev–Trinajstić information content (AvgIpc) is 3.40. The van der Waals surface area contributed by atoms with Gasteiger partial charge in [0.05, 0.1) is 30.0 Å².